The first-order valence-corrected chi connectivity index (χ1v) is 8.54. The normalized spacial score (nSPS) is 11.7. The summed E-state index contributed by atoms with van der Waals surface area (Å²) in [6.45, 7) is 8.36. The number of hydrogen-bond donors (Lipinski definition) is 1. The fourth-order valence-electron chi connectivity index (χ4n) is 2.70. The zero-order chi connectivity index (χ0) is 18.4. The van der Waals surface area contributed by atoms with Crippen LogP contribution in [-0.4, -0.2) is 19.6 Å². The van der Waals surface area contributed by atoms with Gasteiger partial charge in [-0.05, 0) is 51.0 Å². The molecule has 0 fully saturated rings. The zero-order valence-electron chi connectivity index (χ0n) is 15.7. The number of methoxy groups -OCH3 is 1. The summed E-state index contributed by atoms with van der Waals surface area (Å²) < 4.78 is 11.1. The van der Waals surface area contributed by atoms with Crippen LogP contribution in [0.2, 0.25) is 0 Å². The Bertz CT molecular complexity index is 740. The van der Waals surface area contributed by atoms with Crippen LogP contribution in [0.4, 0.5) is 0 Å². The number of benzene rings is 2. The lowest BCUT2D eigenvalue weighted by molar-refractivity contribution is -0.122. The molecule has 4 nitrogen and oxygen atoms in total. The fourth-order valence-corrected chi connectivity index (χ4v) is 2.70. The SMILES string of the molecule is COc1ccc(C)cc1C(C)NC(=O)CCOc1cc(C)ccc1C. The molecule has 0 saturated heterocycles. The lowest BCUT2D eigenvalue weighted by atomic mass is 10.0. The first kappa shape index (κ1) is 18.8. The molecule has 0 spiro atoms. The van der Waals surface area contributed by atoms with Crippen LogP contribution in [0.15, 0.2) is 36.4 Å². The Morgan fingerprint density at radius 1 is 1.04 bits per heavy atom. The van der Waals surface area contributed by atoms with Crippen molar-refractivity contribution in [1.29, 1.82) is 0 Å². The molecule has 2 aromatic rings. The van der Waals surface area contributed by atoms with Gasteiger partial charge < -0.3 is 14.8 Å². The summed E-state index contributed by atoms with van der Waals surface area (Å²) in [6, 6.07) is 11.9. The predicted octanol–water partition coefficient (Wildman–Crippen LogP) is 4.27. The topological polar surface area (TPSA) is 47.6 Å². The van der Waals surface area contributed by atoms with Gasteiger partial charge in [0, 0.05) is 5.56 Å². The van der Waals surface area contributed by atoms with Gasteiger partial charge in [-0.1, -0.05) is 29.8 Å². The average molecular weight is 341 g/mol. The van der Waals surface area contributed by atoms with Crippen molar-refractivity contribution in [2.75, 3.05) is 13.7 Å². The van der Waals surface area contributed by atoms with Gasteiger partial charge in [0.2, 0.25) is 5.91 Å². The van der Waals surface area contributed by atoms with Crippen LogP contribution in [-0.2, 0) is 4.79 Å². The van der Waals surface area contributed by atoms with Crippen molar-refractivity contribution in [2.45, 2.75) is 40.2 Å². The first-order valence-electron chi connectivity index (χ1n) is 8.54. The molecule has 0 aromatic heterocycles. The molecular formula is C21H27NO3. The summed E-state index contributed by atoms with van der Waals surface area (Å²) in [5, 5.41) is 3.01. The second kappa shape index (κ2) is 8.56. The van der Waals surface area contributed by atoms with Gasteiger partial charge in [-0.2, -0.15) is 0 Å². The number of aryl methyl sites for hydroxylation is 3. The minimum atomic E-state index is -0.122. The van der Waals surface area contributed by atoms with E-state index in [0.29, 0.717) is 13.0 Å². The summed E-state index contributed by atoms with van der Waals surface area (Å²) in [6.07, 6.45) is 0.311. The number of ether oxygens (including phenoxy) is 2. The minimum absolute atomic E-state index is 0.0404. The molecule has 2 aromatic carbocycles. The molecule has 1 N–H and O–H groups in total. The van der Waals surface area contributed by atoms with Gasteiger partial charge in [-0.25, -0.2) is 0 Å². The van der Waals surface area contributed by atoms with Crippen molar-refractivity contribution in [3.8, 4) is 11.5 Å². The van der Waals surface area contributed by atoms with E-state index < -0.39 is 0 Å². The maximum atomic E-state index is 12.2. The van der Waals surface area contributed by atoms with E-state index >= 15 is 0 Å². The summed E-state index contributed by atoms with van der Waals surface area (Å²) >= 11 is 0. The number of amides is 1. The van der Waals surface area contributed by atoms with Crippen LogP contribution < -0.4 is 14.8 Å². The zero-order valence-corrected chi connectivity index (χ0v) is 15.7. The van der Waals surface area contributed by atoms with E-state index in [-0.39, 0.29) is 11.9 Å². The lowest BCUT2D eigenvalue weighted by Crippen LogP contribution is -2.28. The van der Waals surface area contributed by atoms with Crippen LogP contribution in [0.3, 0.4) is 0 Å². The molecule has 0 saturated carbocycles. The molecule has 0 aliphatic heterocycles. The van der Waals surface area contributed by atoms with Crippen LogP contribution in [0.5, 0.6) is 11.5 Å². The highest BCUT2D eigenvalue weighted by Crippen LogP contribution is 2.26. The number of carbonyl (C=O) groups excluding carboxylic acids is 1. The second-order valence-electron chi connectivity index (χ2n) is 6.40. The van der Waals surface area contributed by atoms with Crippen molar-refractivity contribution in [3.05, 3.63) is 58.7 Å². The quantitative estimate of drug-likeness (QED) is 0.818. The Kier molecular flexibility index (Phi) is 6.45. The van der Waals surface area contributed by atoms with Crippen molar-refractivity contribution >= 4 is 5.91 Å². The van der Waals surface area contributed by atoms with Gasteiger partial charge in [0.15, 0.2) is 0 Å². The largest absolute Gasteiger partial charge is 0.496 e. The predicted molar refractivity (Wildman–Crippen MR) is 100 cm³/mol. The van der Waals surface area contributed by atoms with Gasteiger partial charge in [0.1, 0.15) is 11.5 Å². The molecule has 0 bridgehead atoms. The van der Waals surface area contributed by atoms with Crippen molar-refractivity contribution in [2.24, 2.45) is 0 Å². The molecule has 0 heterocycles. The monoisotopic (exact) mass is 341 g/mol. The van der Waals surface area contributed by atoms with Gasteiger partial charge in [-0.15, -0.1) is 0 Å². The Hall–Kier alpha value is -2.49. The maximum Gasteiger partial charge on any atom is 0.223 e. The molecule has 134 valence electrons. The number of nitrogens with one attached hydrogen (secondary N) is 1. The summed E-state index contributed by atoms with van der Waals surface area (Å²) in [7, 11) is 1.64. The third-order valence-electron chi connectivity index (χ3n) is 4.16. The highest BCUT2D eigenvalue weighted by molar-refractivity contribution is 5.76. The molecule has 0 radical (unpaired) electrons. The Labute approximate surface area is 150 Å². The molecule has 0 aliphatic rings. The standard InChI is InChI=1S/C21H27NO3/c1-14-7-9-19(24-5)18(12-14)17(4)22-21(23)10-11-25-20-13-15(2)6-8-16(20)3/h6-9,12-13,17H,10-11H2,1-5H3,(H,22,23). The van der Waals surface area contributed by atoms with E-state index in [9.17, 15) is 4.79 Å². The second-order valence-corrected chi connectivity index (χ2v) is 6.40. The molecule has 4 heteroatoms. The molecule has 1 atom stereocenters. The average Bonchev–Trinajstić information content (AvgIpc) is 2.57. The third kappa shape index (κ3) is 5.24. The fraction of sp³-hybridized carbons (Fsp3) is 0.381. The van der Waals surface area contributed by atoms with Crippen LogP contribution in [0, 0.1) is 20.8 Å². The van der Waals surface area contributed by atoms with E-state index in [1.54, 1.807) is 7.11 Å². The van der Waals surface area contributed by atoms with Gasteiger partial charge in [-0.3, -0.25) is 4.79 Å². The minimum Gasteiger partial charge on any atom is -0.496 e. The first-order chi connectivity index (χ1) is 11.9. The highest BCUT2D eigenvalue weighted by atomic mass is 16.5. The summed E-state index contributed by atoms with van der Waals surface area (Å²) in [5.74, 6) is 1.58. The van der Waals surface area contributed by atoms with E-state index in [1.165, 1.54) is 0 Å². The van der Waals surface area contributed by atoms with Crippen molar-refractivity contribution in [3.63, 3.8) is 0 Å². The van der Waals surface area contributed by atoms with E-state index in [2.05, 4.69) is 5.32 Å². The van der Waals surface area contributed by atoms with Gasteiger partial charge in [0.25, 0.3) is 0 Å². The van der Waals surface area contributed by atoms with Crippen molar-refractivity contribution in [1.82, 2.24) is 5.32 Å². The third-order valence-corrected chi connectivity index (χ3v) is 4.16. The van der Waals surface area contributed by atoms with Crippen LogP contribution in [0.1, 0.15) is 41.6 Å². The lowest BCUT2D eigenvalue weighted by Gasteiger charge is -2.18. The van der Waals surface area contributed by atoms with Crippen LogP contribution >= 0.6 is 0 Å². The molecule has 1 unspecified atom stereocenters. The summed E-state index contributed by atoms with van der Waals surface area (Å²) in [4.78, 5) is 12.2. The molecule has 1 amide bonds. The number of carbonyl (C=O) groups is 1. The Morgan fingerprint density at radius 2 is 1.72 bits per heavy atom. The van der Waals surface area contributed by atoms with Crippen LogP contribution in [0.25, 0.3) is 0 Å². The Balaban J connectivity index is 1.90. The Morgan fingerprint density at radius 3 is 2.44 bits per heavy atom. The molecule has 25 heavy (non-hydrogen) atoms. The molecule has 0 aliphatic carbocycles. The van der Waals surface area contributed by atoms with E-state index in [4.69, 9.17) is 9.47 Å². The smallest absolute Gasteiger partial charge is 0.223 e. The maximum absolute atomic E-state index is 12.2. The summed E-state index contributed by atoms with van der Waals surface area (Å²) in [5.41, 5.74) is 4.33. The van der Waals surface area contributed by atoms with Gasteiger partial charge in [0.05, 0.1) is 26.2 Å². The number of rotatable bonds is 7. The van der Waals surface area contributed by atoms with Crippen molar-refractivity contribution < 1.29 is 14.3 Å². The van der Waals surface area contributed by atoms with E-state index in [0.717, 1.165) is 33.8 Å². The highest BCUT2D eigenvalue weighted by Gasteiger charge is 2.14. The molecule has 2 rings (SSSR count). The van der Waals surface area contributed by atoms with E-state index in [1.807, 2.05) is 64.1 Å². The van der Waals surface area contributed by atoms with Gasteiger partial charge >= 0.3 is 0 Å². The number of hydrogen-bond acceptors (Lipinski definition) is 3. The molecular weight excluding hydrogens is 314 g/mol.